The average molecular weight is 461 g/mol. The van der Waals surface area contributed by atoms with Crippen molar-refractivity contribution in [3.8, 4) is 0 Å². The van der Waals surface area contributed by atoms with Gasteiger partial charge in [-0.3, -0.25) is 4.79 Å². The van der Waals surface area contributed by atoms with Gasteiger partial charge >= 0.3 is 11.9 Å². The second-order valence-electron chi connectivity index (χ2n) is 12.7. The van der Waals surface area contributed by atoms with Crippen molar-refractivity contribution in [2.45, 2.75) is 104 Å². The van der Waals surface area contributed by atoms with Gasteiger partial charge in [0.05, 0.1) is 6.10 Å². The van der Waals surface area contributed by atoms with Gasteiger partial charge in [0.1, 0.15) is 12.2 Å². The zero-order chi connectivity index (χ0) is 23.8. The molecule has 184 valence electrons. The van der Waals surface area contributed by atoms with E-state index in [0.717, 1.165) is 31.6 Å². The first kappa shape index (κ1) is 23.3. The molecule has 3 saturated carbocycles. The fraction of sp³-hybridized carbons (Fsp3) is 0.852. The van der Waals surface area contributed by atoms with Gasteiger partial charge in [0.2, 0.25) is 6.29 Å². The van der Waals surface area contributed by atoms with Crippen molar-refractivity contribution in [3.63, 3.8) is 0 Å². The van der Waals surface area contributed by atoms with Gasteiger partial charge in [-0.25, -0.2) is 4.79 Å². The summed E-state index contributed by atoms with van der Waals surface area (Å²) in [4.78, 5) is 23.6. The third-order valence-electron chi connectivity index (χ3n) is 10.6. The van der Waals surface area contributed by atoms with Gasteiger partial charge in [-0.05, 0) is 78.9 Å². The SMILES string of the molecule is CC(=O)OC[C@]12CC[C@H]3[C@@](C)(CC[C@H]4C(C)(C)CCC[C@]34C)[C@@H]1C[C@H](C1=CC(=O)O[C@@H]1O)O2. The molecule has 6 nitrogen and oxygen atoms in total. The Morgan fingerprint density at radius 2 is 1.76 bits per heavy atom. The number of aliphatic hydroxyl groups is 1. The summed E-state index contributed by atoms with van der Waals surface area (Å²) in [7, 11) is 0. The van der Waals surface area contributed by atoms with Crippen molar-refractivity contribution in [1.29, 1.82) is 0 Å². The predicted molar refractivity (Wildman–Crippen MR) is 122 cm³/mol. The third kappa shape index (κ3) is 3.42. The van der Waals surface area contributed by atoms with Crippen LogP contribution in [0.25, 0.3) is 0 Å². The lowest BCUT2D eigenvalue weighted by molar-refractivity contribution is -0.216. The quantitative estimate of drug-likeness (QED) is 0.623. The lowest BCUT2D eigenvalue weighted by Gasteiger charge is -2.67. The first-order valence-electron chi connectivity index (χ1n) is 12.8. The molecule has 2 aliphatic heterocycles. The average Bonchev–Trinajstić information content (AvgIpc) is 3.26. The summed E-state index contributed by atoms with van der Waals surface area (Å²) >= 11 is 0. The zero-order valence-electron chi connectivity index (χ0n) is 20.8. The minimum atomic E-state index is -1.25. The second-order valence-corrected chi connectivity index (χ2v) is 12.7. The fourth-order valence-electron chi connectivity index (χ4n) is 9.40. The number of hydrogen-bond acceptors (Lipinski definition) is 6. The van der Waals surface area contributed by atoms with Crippen LogP contribution in [0.4, 0.5) is 0 Å². The number of cyclic esters (lactones) is 1. The van der Waals surface area contributed by atoms with Gasteiger partial charge in [-0.15, -0.1) is 0 Å². The van der Waals surface area contributed by atoms with E-state index in [-0.39, 0.29) is 23.9 Å². The third-order valence-corrected chi connectivity index (χ3v) is 10.6. The van der Waals surface area contributed by atoms with Crippen LogP contribution < -0.4 is 0 Å². The number of rotatable bonds is 3. The molecule has 6 heteroatoms. The Morgan fingerprint density at radius 1 is 1.06 bits per heavy atom. The molecular weight excluding hydrogens is 420 g/mol. The van der Waals surface area contributed by atoms with Gasteiger partial charge in [-0.2, -0.15) is 0 Å². The largest absolute Gasteiger partial charge is 0.463 e. The highest BCUT2D eigenvalue weighted by atomic mass is 16.6. The van der Waals surface area contributed by atoms with Gasteiger partial charge in [-0.1, -0.05) is 34.1 Å². The summed E-state index contributed by atoms with van der Waals surface area (Å²) < 4.78 is 17.3. The summed E-state index contributed by atoms with van der Waals surface area (Å²) in [6.45, 7) is 11.6. The summed E-state index contributed by atoms with van der Waals surface area (Å²) in [5, 5.41) is 10.3. The molecule has 0 amide bonds. The maximum Gasteiger partial charge on any atom is 0.333 e. The van der Waals surface area contributed by atoms with Gasteiger partial charge in [0, 0.05) is 18.6 Å². The zero-order valence-corrected chi connectivity index (χ0v) is 20.8. The van der Waals surface area contributed by atoms with Crippen LogP contribution >= 0.6 is 0 Å². The molecule has 4 fully saturated rings. The first-order valence-corrected chi connectivity index (χ1v) is 12.8. The van der Waals surface area contributed by atoms with Crippen molar-refractivity contribution < 1.29 is 28.9 Å². The van der Waals surface area contributed by atoms with Gasteiger partial charge < -0.3 is 19.3 Å². The maximum atomic E-state index is 11.8. The number of carbonyl (C=O) groups is 2. The normalized spacial score (nSPS) is 48.2. The Morgan fingerprint density at radius 3 is 2.42 bits per heavy atom. The monoisotopic (exact) mass is 460 g/mol. The highest BCUT2D eigenvalue weighted by molar-refractivity contribution is 5.85. The van der Waals surface area contributed by atoms with Crippen LogP contribution in [0.2, 0.25) is 0 Å². The van der Waals surface area contributed by atoms with E-state index in [9.17, 15) is 14.7 Å². The summed E-state index contributed by atoms with van der Waals surface area (Å²) in [5.41, 5.74) is 0.648. The van der Waals surface area contributed by atoms with Crippen LogP contribution in [-0.4, -0.2) is 41.6 Å². The van der Waals surface area contributed by atoms with Gasteiger partial charge in [0.25, 0.3) is 0 Å². The molecule has 0 aromatic heterocycles. The summed E-state index contributed by atoms with van der Waals surface area (Å²) in [5.74, 6) is 0.680. The van der Waals surface area contributed by atoms with Crippen LogP contribution in [0.3, 0.4) is 0 Å². The minimum absolute atomic E-state index is 0.0564. The van der Waals surface area contributed by atoms with Crippen LogP contribution in [0.15, 0.2) is 11.6 Å². The van der Waals surface area contributed by atoms with Crippen LogP contribution in [-0.2, 0) is 23.8 Å². The van der Waals surface area contributed by atoms with E-state index in [4.69, 9.17) is 14.2 Å². The molecule has 5 aliphatic rings. The number of aliphatic hydroxyl groups excluding tert-OH is 1. The lowest BCUT2D eigenvalue weighted by Crippen LogP contribution is -2.63. The highest BCUT2D eigenvalue weighted by Crippen LogP contribution is 2.71. The van der Waals surface area contributed by atoms with E-state index in [1.807, 2.05) is 0 Å². The molecule has 8 atom stereocenters. The number of hydrogen-bond donors (Lipinski definition) is 1. The molecule has 1 N–H and O–H groups in total. The van der Waals surface area contributed by atoms with Crippen LogP contribution in [0.1, 0.15) is 86.0 Å². The predicted octanol–water partition coefficient (Wildman–Crippen LogP) is 4.54. The second kappa shape index (κ2) is 7.55. The van der Waals surface area contributed by atoms with E-state index in [1.54, 1.807) is 0 Å². The summed E-state index contributed by atoms with van der Waals surface area (Å²) in [6, 6.07) is 0. The van der Waals surface area contributed by atoms with E-state index < -0.39 is 24.0 Å². The van der Waals surface area contributed by atoms with Gasteiger partial charge in [0.15, 0.2) is 0 Å². The topological polar surface area (TPSA) is 82.1 Å². The molecule has 3 aliphatic carbocycles. The van der Waals surface area contributed by atoms with E-state index in [2.05, 4.69) is 27.7 Å². The molecule has 0 radical (unpaired) electrons. The number of ether oxygens (including phenoxy) is 3. The Labute approximate surface area is 197 Å². The molecule has 0 aromatic rings. The molecule has 1 saturated heterocycles. The Bertz CT molecular complexity index is 878. The Kier molecular flexibility index (Phi) is 5.34. The molecule has 0 spiro atoms. The van der Waals surface area contributed by atoms with Crippen molar-refractivity contribution in [2.75, 3.05) is 6.61 Å². The molecule has 2 heterocycles. The van der Waals surface area contributed by atoms with E-state index in [0.29, 0.717) is 22.3 Å². The number of fused-ring (bicyclic) bond motifs is 5. The maximum absolute atomic E-state index is 11.8. The fourth-order valence-corrected chi connectivity index (χ4v) is 9.40. The standard InChI is InChI=1S/C27H40O6/c1-16(28)31-15-27-12-8-20-25(4)10-6-9-24(2,3)19(25)7-11-26(20,5)21(27)14-18(33-27)17-13-22(29)32-23(17)30/h13,18-21,23,30H,6-12,14-15H2,1-5H3/t18-,19+,20-,21+,23+,25+,26-,27-/m1/s1. The van der Waals surface area contributed by atoms with Crippen molar-refractivity contribution >= 4 is 11.9 Å². The molecular formula is C27H40O6. The first-order chi connectivity index (χ1) is 15.4. The van der Waals surface area contributed by atoms with Crippen molar-refractivity contribution in [2.24, 2.45) is 34.0 Å². The van der Waals surface area contributed by atoms with Crippen molar-refractivity contribution in [1.82, 2.24) is 0 Å². The smallest absolute Gasteiger partial charge is 0.333 e. The van der Waals surface area contributed by atoms with E-state index in [1.165, 1.54) is 38.7 Å². The number of carbonyl (C=O) groups excluding carboxylic acids is 2. The Hall–Kier alpha value is -1.40. The molecule has 33 heavy (non-hydrogen) atoms. The minimum Gasteiger partial charge on any atom is -0.463 e. The molecule has 5 rings (SSSR count). The lowest BCUT2D eigenvalue weighted by atomic mass is 9.38. The van der Waals surface area contributed by atoms with Crippen LogP contribution in [0.5, 0.6) is 0 Å². The molecule has 0 bridgehead atoms. The van der Waals surface area contributed by atoms with Crippen LogP contribution in [0, 0.1) is 34.0 Å². The number of esters is 2. The molecule has 0 unspecified atom stereocenters. The highest BCUT2D eigenvalue weighted by Gasteiger charge is 2.68. The molecule has 0 aromatic carbocycles. The Balaban J connectivity index is 1.51. The summed E-state index contributed by atoms with van der Waals surface area (Å²) in [6.07, 6.45) is 8.59. The van der Waals surface area contributed by atoms with E-state index >= 15 is 0 Å². The van der Waals surface area contributed by atoms with Crippen molar-refractivity contribution in [3.05, 3.63) is 11.6 Å².